The van der Waals surface area contributed by atoms with Crippen molar-refractivity contribution in [3.63, 3.8) is 0 Å². The second kappa shape index (κ2) is 5.03. The maximum absolute atomic E-state index is 12.0. The number of carbonyl (C=O) groups is 1. The number of carbonyl (C=O) groups excluding carboxylic acids is 1. The zero-order valence-electron chi connectivity index (χ0n) is 10.5. The number of urea groups is 1. The van der Waals surface area contributed by atoms with Crippen molar-refractivity contribution in [3.8, 4) is 0 Å². The third-order valence-corrected chi connectivity index (χ3v) is 3.84. The van der Waals surface area contributed by atoms with E-state index in [2.05, 4.69) is 5.32 Å². The Hall–Kier alpha value is -0.850. The van der Waals surface area contributed by atoms with E-state index < -0.39 is 5.79 Å². The molecule has 3 rings (SSSR count). The van der Waals surface area contributed by atoms with Gasteiger partial charge in [-0.15, -0.1) is 0 Å². The molecule has 6 heteroatoms. The molecule has 1 N–H and O–H groups in total. The highest BCUT2D eigenvalue weighted by molar-refractivity contribution is 5.74. The van der Waals surface area contributed by atoms with Gasteiger partial charge in [-0.1, -0.05) is 0 Å². The number of hydrogen-bond donors (Lipinski definition) is 1. The van der Waals surface area contributed by atoms with Crippen LogP contribution in [0.3, 0.4) is 0 Å². The summed E-state index contributed by atoms with van der Waals surface area (Å²) in [6, 6.07) is -0.0326. The van der Waals surface area contributed by atoms with Gasteiger partial charge in [0.1, 0.15) is 6.23 Å². The van der Waals surface area contributed by atoms with Crippen LogP contribution in [-0.2, 0) is 14.2 Å². The van der Waals surface area contributed by atoms with E-state index in [-0.39, 0.29) is 12.3 Å². The molecule has 2 amide bonds. The number of hydrogen-bond acceptors (Lipinski definition) is 4. The van der Waals surface area contributed by atoms with Crippen molar-refractivity contribution < 1.29 is 19.0 Å². The maximum Gasteiger partial charge on any atom is 0.319 e. The summed E-state index contributed by atoms with van der Waals surface area (Å²) in [7, 11) is 0. The molecular weight excluding hydrogens is 236 g/mol. The van der Waals surface area contributed by atoms with Gasteiger partial charge in [0.25, 0.3) is 0 Å². The van der Waals surface area contributed by atoms with Gasteiger partial charge < -0.3 is 24.4 Å². The molecule has 0 aromatic rings. The Bertz CT molecular complexity index is 301. The summed E-state index contributed by atoms with van der Waals surface area (Å²) in [5, 5.41) is 2.91. The van der Waals surface area contributed by atoms with Crippen LogP contribution >= 0.6 is 0 Å². The number of likely N-dealkylation sites (tertiary alicyclic amines) is 1. The summed E-state index contributed by atoms with van der Waals surface area (Å²) in [5.74, 6) is -0.416. The standard InChI is InChI=1S/C12H20N2O4/c15-11(13-10-2-1-7-16-10)14-5-3-12(4-6-14)17-8-9-18-12/h10H,1-9H2,(H,13,15). The summed E-state index contributed by atoms with van der Waals surface area (Å²) >= 11 is 0. The van der Waals surface area contributed by atoms with Crippen LogP contribution in [0.15, 0.2) is 0 Å². The SMILES string of the molecule is O=C(NC1CCCO1)N1CCC2(CC1)OCCO2. The minimum Gasteiger partial charge on any atom is -0.358 e. The first-order valence-corrected chi connectivity index (χ1v) is 6.72. The highest BCUT2D eigenvalue weighted by Gasteiger charge is 2.41. The monoisotopic (exact) mass is 256 g/mol. The minimum absolute atomic E-state index is 0.0326. The van der Waals surface area contributed by atoms with Crippen LogP contribution in [0, 0.1) is 0 Å². The van der Waals surface area contributed by atoms with Gasteiger partial charge in [-0.3, -0.25) is 0 Å². The lowest BCUT2D eigenvalue weighted by molar-refractivity contribution is -0.181. The minimum atomic E-state index is -0.416. The Kier molecular flexibility index (Phi) is 3.41. The molecule has 3 aliphatic rings. The maximum atomic E-state index is 12.0. The number of ether oxygens (including phenoxy) is 3. The Labute approximate surface area is 107 Å². The van der Waals surface area contributed by atoms with Crippen molar-refractivity contribution in [1.29, 1.82) is 0 Å². The Morgan fingerprint density at radius 3 is 2.50 bits per heavy atom. The van der Waals surface area contributed by atoms with Crippen molar-refractivity contribution in [2.24, 2.45) is 0 Å². The molecule has 18 heavy (non-hydrogen) atoms. The van der Waals surface area contributed by atoms with Gasteiger partial charge in [0.15, 0.2) is 5.79 Å². The van der Waals surface area contributed by atoms with Crippen LogP contribution in [0.4, 0.5) is 4.79 Å². The van der Waals surface area contributed by atoms with Gasteiger partial charge in [-0.2, -0.15) is 0 Å². The molecule has 1 unspecified atom stereocenters. The third-order valence-electron chi connectivity index (χ3n) is 3.84. The molecule has 3 saturated heterocycles. The molecule has 0 aliphatic carbocycles. The number of piperidine rings is 1. The number of nitrogens with one attached hydrogen (secondary N) is 1. The third kappa shape index (κ3) is 2.46. The first kappa shape index (κ1) is 12.2. The van der Waals surface area contributed by atoms with Crippen LogP contribution < -0.4 is 5.32 Å². The van der Waals surface area contributed by atoms with Crippen molar-refractivity contribution >= 4 is 6.03 Å². The molecule has 6 nitrogen and oxygen atoms in total. The Morgan fingerprint density at radius 2 is 1.89 bits per heavy atom. The zero-order valence-corrected chi connectivity index (χ0v) is 10.5. The summed E-state index contributed by atoms with van der Waals surface area (Å²) < 4.78 is 16.7. The fourth-order valence-electron chi connectivity index (χ4n) is 2.76. The highest BCUT2D eigenvalue weighted by Crippen LogP contribution is 2.31. The van der Waals surface area contributed by atoms with Crippen molar-refractivity contribution in [1.82, 2.24) is 10.2 Å². The molecule has 0 radical (unpaired) electrons. The summed E-state index contributed by atoms with van der Waals surface area (Å²) in [6.07, 6.45) is 3.34. The lowest BCUT2D eigenvalue weighted by atomic mass is 10.0. The normalized spacial score (nSPS) is 30.9. The summed E-state index contributed by atoms with van der Waals surface area (Å²) in [4.78, 5) is 13.8. The molecule has 3 heterocycles. The summed E-state index contributed by atoms with van der Waals surface area (Å²) in [5.41, 5.74) is 0. The van der Waals surface area contributed by atoms with Crippen LogP contribution in [0.5, 0.6) is 0 Å². The smallest absolute Gasteiger partial charge is 0.319 e. The lowest BCUT2D eigenvalue weighted by Gasteiger charge is -2.37. The molecule has 1 spiro atoms. The number of amides is 2. The van der Waals surface area contributed by atoms with Gasteiger partial charge in [0, 0.05) is 32.5 Å². The van der Waals surface area contributed by atoms with Gasteiger partial charge in [-0.05, 0) is 12.8 Å². The fourth-order valence-corrected chi connectivity index (χ4v) is 2.76. The van der Waals surface area contributed by atoms with Crippen molar-refractivity contribution in [2.45, 2.75) is 37.7 Å². The first-order valence-electron chi connectivity index (χ1n) is 6.72. The average Bonchev–Trinajstić information content (AvgIpc) is 3.03. The van der Waals surface area contributed by atoms with Crippen LogP contribution in [0.1, 0.15) is 25.7 Å². The van der Waals surface area contributed by atoms with E-state index in [1.165, 1.54) is 0 Å². The fraction of sp³-hybridized carbons (Fsp3) is 0.917. The molecule has 0 aromatic carbocycles. The second-order valence-corrected chi connectivity index (χ2v) is 5.05. The lowest BCUT2D eigenvalue weighted by Crippen LogP contribution is -2.52. The van der Waals surface area contributed by atoms with E-state index >= 15 is 0 Å². The van der Waals surface area contributed by atoms with Crippen molar-refractivity contribution in [3.05, 3.63) is 0 Å². The average molecular weight is 256 g/mol. The van der Waals surface area contributed by atoms with Crippen molar-refractivity contribution in [2.75, 3.05) is 32.9 Å². The van der Waals surface area contributed by atoms with Gasteiger partial charge in [0.05, 0.1) is 13.2 Å². The predicted octanol–water partition coefficient (Wildman–Crippen LogP) is 0.671. The molecule has 102 valence electrons. The Balaban J connectivity index is 1.48. The van der Waals surface area contributed by atoms with E-state index in [0.717, 1.165) is 32.3 Å². The molecule has 0 aromatic heterocycles. The molecule has 0 saturated carbocycles. The topological polar surface area (TPSA) is 60.0 Å². The van der Waals surface area contributed by atoms with Crippen LogP contribution in [-0.4, -0.2) is 55.9 Å². The van der Waals surface area contributed by atoms with Gasteiger partial charge in [-0.25, -0.2) is 4.79 Å². The van der Waals surface area contributed by atoms with Gasteiger partial charge in [0.2, 0.25) is 0 Å². The quantitative estimate of drug-likeness (QED) is 0.749. The van der Waals surface area contributed by atoms with E-state index in [9.17, 15) is 4.79 Å². The molecule has 3 fully saturated rings. The zero-order chi connectivity index (χ0) is 12.4. The van der Waals surface area contributed by atoms with Crippen LogP contribution in [0.25, 0.3) is 0 Å². The van der Waals surface area contributed by atoms with E-state index in [4.69, 9.17) is 14.2 Å². The Morgan fingerprint density at radius 1 is 1.17 bits per heavy atom. The number of rotatable bonds is 1. The second-order valence-electron chi connectivity index (χ2n) is 5.05. The highest BCUT2D eigenvalue weighted by atomic mass is 16.7. The summed E-state index contributed by atoms with van der Waals surface area (Å²) in [6.45, 7) is 3.44. The number of nitrogens with zero attached hydrogens (tertiary/aromatic N) is 1. The molecule has 0 bridgehead atoms. The molecular formula is C12H20N2O4. The largest absolute Gasteiger partial charge is 0.358 e. The predicted molar refractivity (Wildman–Crippen MR) is 62.9 cm³/mol. The van der Waals surface area contributed by atoms with E-state index in [1.807, 2.05) is 4.90 Å². The van der Waals surface area contributed by atoms with Gasteiger partial charge >= 0.3 is 6.03 Å². The molecule has 3 aliphatic heterocycles. The van der Waals surface area contributed by atoms with Crippen LogP contribution in [0.2, 0.25) is 0 Å². The van der Waals surface area contributed by atoms with E-state index in [1.54, 1.807) is 0 Å². The molecule has 1 atom stereocenters. The van der Waals surface area contributed by atoms with E-state index in [0.29, 0.717) is 26.3 Å². The first-order chi connectivity index (χ1) is 8.77.